The standard InChI is InChI=1S/C32H34N4O2/c1-23-14-15-27-30(37)28(22-34-31(27)35-23)32(38)33-18-8-9-19-36-20-16-26(17-21-36)29(24-10-4-2-5-11-24)25-12-6-3-7-13-25/h2-7,10-15,22H,8-9,16-21H2,1H3,(H,33,38)(H,34,35,37). The summed E-state index contributed by atoms with van der Waals surface area (Å²) < 4.78 is 0. The Morgan fingerprint density at radius 2 is 1.58 bits per heavy atom. The molecule has 2 aromatic heterocycles. The van der Waals surface area contributed by atoms with Crippen LogP contribution in [0.2, 0.25) is 0 Å². The SMILES string of the molecule is Cc1ccc2c(O)c(C(=O)NCCCCN3CCC(=C(c4ccccc4)c4ccccc4)CC3)cnc2n1. The summed E-state index contributed by atoms with van der Waals surface area (Å²) in [7, 11) is 0. The van der Waals surface area contributed by atoms with Crippen LogP contribution in [0.4, 0.5) is 0 Å². The van der Waals surface area contributed by atoms with Crippen molar-refractivity contribution < 1.29 is 9.90 Å². The molecule has 2 N–H and O–H groups in total. The number of carbonyl (C=O) groups excluding carboxylic acids is 1. The second-order valence-corrected chi connectivity index (χ2v) is 9.86. The molecule has 0 radical (unpaired) electrons. The van der Waals surface area contributed by atoms with Crippen molar-refractivity contribution in [3.8, 4) is 5.75 Å². The molecule has 1 fully saturated rings. The number of nitrogens with one attached hydrogen (secondary N) is 1. The summed E-state index contributed by atoms with van der Waals surface area (Å²) in [5, 5.41) is 14.0. The third kappa shape index (κ3) is 5.92. The van der Waals surface area contributed by atoms with Gasteiger partial charge in [-0.3, -0.25) is 4.79 Å². The number of pyridine rings is 2. The zero-order chi connectivity index (χ0) is 26.3. The van der Waals surface area contributed by atoms with Crippen molar-refractivity contribution in [2.75, 3.05) is 26.2 Å². The van der Waals surface area contributed by atoms with Crippen LogP contribution in [0.15, 0.2) is 84.6 Å². The second kappa shape index (κ2) is 12.0. The van der Waals surface area contributed by atoms with Gasteiger partial charge in [0.1, 0.15) is 11.3 Å². The van der Waals surface area contributed by atoms with E-state index in [9.17, 15) is 9.90 Å². The van der Waals surface area contributed by atoms with Gasteiger partial charge < -0.3 is 15.3 Å². The highest BCUT2D eigenvalue weighted by molar-refractivity contribution is 6.01. The molecule has 1 aliphatic heterocycles. The minimum absolute atomic E-state index is 0.0671. The lowest BCUT2D eigenvalue weighted by Gasteiger charge is -2.30. The Balaban J connectivity index is 1.11. The number of aromatic nitrogens is 2. The molecule has 0 spiro atoms. The van der Waals surface area contributed by atoms with Crippen molar-refractivity contribution in [3.63, 3.8) is 0 Å². The number of hydrogen-bond acceptors (Lipinski definition) is 5. The van der Waals surface area contributed by atoms with Gasteiger partial charge in [-0.15, -0.1) is 0 Å². The Bertz CT molecular complexity index is 1380. The monoisotopic (exact) mass is 506 g/mol. The predicted molar refractivity (Wildman–Crippen MR) is 152 cm³/mol. The van der Waals surface area contributed by atoms with Crippen LogP contribution in [0.3, 0.4) is 0 Å². The summed E-state index contributed by atoms with van der Waals surface area (Å²) in [6.07, 6.45) is 5.43. The van der Waals surface area contributed by atoms with Crippen LogP contribution in [0.1, 0.15) is 52.9 Å². The van der Waals surface area contributed by atoms with Crippen molar-refractivity contribution in [1.82, 2.24) is 20.2 Å². The molecule has 0 atom stereocenters. The van der Waals surface area contributed by atoms with E-state index in [1.54, 1.807) is 12.1 Å². The number of hydrogen-bond donors (Lipinski definition) is 2. The van der Waals surface area contributed by atoms with Gasteiger partial charge in [0.2, 0.25) is 0 Å². The minimum atomic E-state index is -0.306. The van der Waals surface area contributed by atoms with Crippen LogP contribution in [0.25, 0.3) is 16.6 Å². The maximum Gasteiger partial charge on any atom is 0.256 e. The number of piperidine rings is 1. The molecule has 38 heavy (non-hydrogen) atoms. The van der Waals surface area contributed by atoms with E-state index in [1.807, 2.05) is 6.92 Å². The predicted octanol–water partition coefficient (Wildman–Crippen LogP) is 5.75. The van der Waals surface area contributed by atoms with Crippen molar-refractivity contribution in [3.05, 3.63) is 107 Å². The molecule has 6 heteroatoms. The topological polar surface area (TPSA) is 78.4 Å². The fourth-order valence-corrected chi connectivity index (χ4v) is 5.16. The van der Waals surface area contributed by atoms with Gasteiger partial charge in [-0.25, -0.2) is 9.97 Å². The summed E-state index contributed by atoms with van der Waals surface area (Å²) in [5.41, 5.74) is 6.93. The van der Waals surface area contributed by atoms with Gasteiger partial charge in [-0.2, -0.15) is 0 Å². The van der Waals surface area contributed by atoms with Gasteiger partial charge in [-0.1, -0.05) is 66.2 Å². The number of fused-ring (bicyclic) bond motifs is 1. The Morgan fingerprint density at radius 1 is 0.921 bits per heavy atom. The van der Waals surface area contributed by atoms with E-state index in [0.29, 0.717) is 17.6 Å². The normalized spacial score (nSPS) is 14.0. The highest BCUT2D eigenvalue weighted by Crippen LogP contribution is 2.32. The van der Waals surface area contributed by atoms with Crippen molar-refractivity contribution >= 4 is 22.5 Å². The van der Waals surface area contributed by atoms with Gasteiger partial charge in [0.25, 0.3) is 5.91 Å². The Labute approximate surface area is 224 Å². The first-order chi connectivity index (χ1) is 18.6. The number of benzene rings is 2. The molecule has 6 nitrogen and oxygen atoms in total. The third-order valence-electron chi connectivity index (χ3n) is 7.21. The molecule has 0 saturated carbocycles. The zero-order valence-corrected chi connectivity index (χ0v) is 21.9. The lowest BCUT2D eigenvalue weighted by Crippen LogP contribution is -2.32. The first-order valence-electron chi connectivity index (χ1n) is 13.4. The highest BCUT2D eigenvalue weighted by Gasteiger charge is 2.19. The summed E-state index contributed by atoms with van der Waals surface area (Å²) in [4.78, 5) is 23.7. The van der Waals surface area contributed by atoms with E-state index in [2.05, 4.69) is 80.8 Å². The first kappa shape index (κ1) is 25.6. The average Bonchev–Trinajstić information content (AvgIpc) is 2.95. The molecule has 1 amide bonds. The van der Waals surface area contributed by atoms with Crippen LogP contribution < -0.4 is 5.32 Å². The van der Waals surface area contributed by atoms with Gasteiger partial charge in [0.15, 0.2) is 5.65 Å². The quantitative estimate of drug-likeness (QED) is 0.298. The molecule has 4 aromatic rings. The maximum absolute atomic E-state index is 12.6. The van der Waals surface area contributed by atoms with Crippen LogP contribution >= 0.6 is 0 Å². The third-order valence-corrected chi connectivity index (χ3v) is 7.21. The number of rotatable bonds is 8. The Hall–Kier alpha value is -4.03. The number of carbonyl (C=O) groups is 1. The molecule has 5 rings (SSSR count). The lowest BCUT2D eigenvalue weighted by atomic mass is 9.88. The van der Waals surface area contributed by atoms with Crippen molar-refractivity contribution in [2.24, 2.45) is 0 Å². The first-order valence-corrected chi connectivity index (χ1v) is 13.4. The maximum atomic E-state index is 12.6. The number of likely N-dealkylation sites (tertiary alicyclic amines) is 1. The van der Waals surface area contributed by atoms with Gasteiger partial charge >= 0.3 is 0 Å². The number of aromatic hydroxyl groups is 1. The number of unbranched alkanes of at least 4 members (excludes halogenated alkanes) is 1. The van der Waals surface area contributed by atoms with E-state index in [-0.39, 0.29) is 17.2 Å². The summed E-state index contributed by atoms with van der Waals surface area (Å²) in [6.45, 7) is 5.55. The van der Waals surface area contributed by atoms with E-state index in [0.717, 1.165) is 51.0 Å². The number of aryl methyl sites for hydroxylation is 1. The molecular weight excluding hydrogens is 472 g/mol. The van der Waals surface area contributed by atoms with Crippen LogP contribution in [-0.2, 0) is 0 Å². The molecule has 1 saturated heterocycles. The molecule has 0 bridgehead atoms. The van der Waals surface area contributed by atoms with Gasteiger partial charge in [0.05, 0.1) is 5.39 Å². The zero-order valence-electron chi connectivity index (χ0n) is 21.9. The largest absolute Gasteiger partial charge is 0.506 e. The molecule has 0 unspecified atom stereocenters. The van der Waals surface area contributed by atoms with Gasteiger partial charge in [0, 0.05) is 31.5 Å². The van der Waals surface area contributed by atoms with Crippen LogP contribution in [-0.4, -0.2) is 52.1 Å². The Kier molecular flexibility index (Phi) is 8.09. The fraction of sp³-hybridized carbons (Fsp3) is 0.281. The summed E-state index contributed by atoms with van der Waals surface area (Å²) in [6, 6.07) is 25.0. The molecule has 0 aliphatic carbocycles. The van der Waals surface area contributed by atoms with Crippen molar-refractivity contribution in [2.45, 2.75) is 32.6 Å². The molecule has 1 aliphatic rings. The Morgan fingerprint density at radius 3 is 2.24 bits per heavy atom. The lowest BCUT2D eigenvalue weighted by molar-refractivity contribution is 0.0949. The minimum Gasteiger partial charge on any atom is -0.506 e. The molecule has 2 aromatic carbocycles. The van der Waals surface area contributed by atoms with E-state index in [1.165, 1.54) is 28.5 Å². The second-order valence-electron chi connectivity index (χ2n) is 9.86. The van der Waals surface area contributed by atoms with Crippen molar-refractivity contribution in [1.29, 1.82) is 0 Å². The van der Waals surface area contributed by atoms with E-state index in [4.69, 9.17) is 0 Å². The molecule has 194 valence electrons. The molecule has 3 heterocycles. The van der Waals surface area contributed by atoms with Crippen LogP contribution in [0.5, 0.6) is 5.75 Å². The molecular formula is C32H34N4O2. The number of nitrogens with zero attached hydrogens (tertiary/aromatic N) is 3. The summed E-state index contributed by atoms with van der Waals surface area (Å²) >= 11 is 0. The number of amides is 1. The average molecular weight is 507 g/mol. The smallest absolute Gasteiger partial charge is 0.256 e. The van der Waals surface area contributed by atoms with E-state index >= 15 is 0 Å². The van der Waals surface area contributed by atoms with Crippen LogP contribution in [0, 0.1) is 6.92 Å². The van der Waals surface area contributed by atoms with E-state index < -0.39 is 0 Å². The fourth-order valence-electron chi connectivity index (χ4n) is 5.16. The summed E-state index contributed by atoms with van der Waals surface area (Å²) in [5.74, 6) is -0.373. The van der Waals surface area contributed by atoms with Gasteiger partial charge in [-0.05, 0) is 68.0 Å². The highest BCUT2D eigenvalue weighted by atomic mass is 16.3.